The van der Waals surface area contributed by atoms with Crippen LogP contribution < -0.4 is 10.2 Å². The number of piperazine rings is 1. The first kappa shape index (κ1) is 24.2. The third-order valence-corrected chi connectivity index (χ3v) is 6.16. The highest BCUT2D eigenvalue weighted by Crippen LogP contribution is 2.21. The van der Waals surface area contributed by atoms with E-state index in [4.69, 9.17) is 0 Å². The molecule has 4 rings (SSSR count). The number of hydrogen-bond donors (Lipinski definition) is 1. The fourth-order valence-electron chi connectivity index (χ4n) is 4.09. The zero-order valence-electron chi connectivity index (χ0n) is 20.3. The van der Waals surface area contributed by atoms with Crippen LogP contribution in [0.5, 0.6) is 0 Å². The van der Waals surface area contributed by atoms with E-state index in [1.165, 1.54) is 16.7 Å². The molecule has 0 unspecified atom stereocenters. The van der Waals surface area contributed by atoms with E-state index in [1.807, 2.05) is 31.2 Å². The van der Waals surface area contributed by atoms with Crippen LogP contribution in [0.3, 0.4) is 0 Å². The molecular weight excluding hydrogens is 438 g/mol. The van der Waals surface area contributed by atoms with E-state index >= 15 is 0 Å². The number of nitrogens with zero attached hydrogens (tertiary/aromatic N) is 4. The lowest BCUT2D eigenvalue weighted by Crippen LogP contribution is -2.44. The monoisotopic (exact) mass is 469 g/mol. The molecule has 0 atom stereocenters. The van der Waals surface area contributed by atoms with Crippen LogP contribution in [0.4, 0.5) is 11.4 Å². The number of amides is 1. The summed E-state index contributed by atoms with van der Waals surface area (Å²) in [6.45, 7) is 9.94. The Bertz CT molecular complexity index is 1170. The van der Waals surface area contributed by atoms with E-state index in [0.29, 0.717) is 17.2 Å². The Morgan fingerprint density at radius 3 is 2.37 bits per heavy atom. The van der Waals surface area contributed by atoms with Gasteiger partial charge in [0, 0.05) is 54.8 Å². The van der Waals surface area contributed by atoms with Crippen LogP contribution in [0.1, 0.15) is 17.3 Å². The number of carbonyl (C=O) groups excluding carboxylic acids is 2. The van der Waals surface area contributed by atoms with Gasteiger partial charge < -0.3 is 15.1 Å². The molecule has 0 bridgehead atoms. The van der Waals surface area contributed by atoms with Gasteiger partial charge in [-0.05, 0) is 44.3 Å². The van der Waals surface area contributed by atoms with Crippen molar-refractivity contribution in [3.8, 4) is 0 Å². The lowest BCUT2D eigenvalue weighted by molar-refractivity contribution is -0.122. The van der Waals surface area contributed by atoms with Crippen molar-refractivity contribution >= 4 is 28.9 Å². The van der Waals surface area contributed by atoms with Crippen molar-refractivity contribution in [3.05, 3.63) is 96.4 Å². The second-order valence-corrected chi connectivity index (χ2v) is 8.64. The van der Waals surface area contributed by atoms with Crippen LogP contribution in [0.15, 0.2) is 95.8 Å². The summed E-state index contributed by atoms with van der Waals surface area (Å²) in [5, 5.41) is 3.21. The first-order valence-electron chi connectivity index (χ1n) is 11.8. The van der Waals surface area contributed by atoms with Gasteiger partial charge >= 0.3 is 0 Å². The number of carbonyl (C=O) groups is 2. The van der Waals surface area contributed by atoms with Gasteiger partial charge in [0.05, 0.1) is 6.54 Å². The Balaban J connectivity index is 1.49. The normalized spacial score (nSPS) is 18.9. The molecule has 7 heteroatoms. The quantitative estimate of drug-likeness (QED) is 0.622. The minimum absolute atomic E-state index is 0.101. The molecule has 0 aliphatic carbocycles. The minimum Gasteiger partial charge on any atom is -0.369 e. The molecule has 2 aliphatic heterocycles. The molecule has 1 N–H and O–H groups in total. The summed E-state index contributed by atoms with van der Waals surface area (Å²) < 4.78 is 0. The predicted molar refractivity (Wildman–Crippen MR) is 142 cm³/mol. The van der Waals surface area contributed by atoms with Gasteiger partial charge in [-0.1, -0.05) is 43.0 Å². The van der Waals surface area contributed by atoms with Crippen molar-refractivity contribution in [2.75, 3.05) is 50.0 Å². The van der Waals surface area contributed by atoms with Gasteiger partial charge in [0.1, 0.15) is 11.7 Å². The number of rotatable bonds is 7. The Morgan fingerprint density at radius 2 is 1.71 bits per heavy atom. The van der Waals surface area contributed by atoms with Gasteiger partial charge in [0.2, 0.25) is 0 Å². The lowest BCUT2D eigenvalue weighted by atomic mass is 10.1. The Morgan fingerprint density at radius 1 is 1.03 bits per heavy atom. The maximum absolute atomic E-state index is 12.8. The number of allylic oxidation sites excluding steroid dienone is 1. The summed E-state index contributed by atoms with van der Waals surface area (Å²) in [5.41, 5.74) is 3.33. The molecule has 2 aromatic carbocycles. The third-order valence-electron chi connectivity index (χ3n) is 6.16. The summed E-state index contributed by atoms with van der Waals surface area (Å²) in [5.74, 6) is 0.334. The van der Waals surface area contributed by atoms with Crippen LogP contribution in [-0.2, 0) is 4.79 Å². The lowest BCUT2D eigenvalue weighted by Gasteiger charge is -2.34. The van der Waals surface area contributed by atoms with Gasteiger partial charge in [-0.15, -0.1) is 0 Å². The van der Waals surface area contributed by atoms with E-state index in [2.05, 4.69) is 45.9 Å². The third kappa shape index (κ3) is 5.94. The largest absolute Gasteiger partial charge is 0.369 e. The number of Topliss-reactive ketones (excluding diaryl/α,β-unsaturated/α-hetero) is 1. The SMILES string of the molecule is C=C(/N=C1\C(=C/C)C=CC(=O)N1CC(=O)c1ccccc1)Nc1ccc(N2CCN(C)CC2)cc1. The van der Waals surface area contributed by atoms with Crippen molar-refractivity contribution in [1.29, 1.82) is 0 Å². The highest BCUT2D eigenvalue weighted by atomic mass is 16.2. The molecule has 1 saturated heterocycles. The summed E-state index contributed by atoms with van der Waals surface area (Å²) >= 11 is 0. The number of aliphatic imine (C=N–C) groups is 1. The smallest absolute Gasteiger partial charge is 0.252 e. The number of benzene rings is 2. The zero-order chi connectivity index (χ0) is 24.8. The molecule has 0 radical (unpaired) electrons. The highest BCUT2D eigenvalue weighted by Gasteiger charge is 2.26. The number of likely N-dealkylation sites (N-methyl/N-ethyl adjacent to an activating group) is 1. The second kappa shape index (κ2) is 11.0. The van der Waals surface area contributed by atoms with Gasteiger partial charge in [-0.2, -0.15) is 0 Å². The van der Waals surface area contributed by atoms with Gasteiger partial charge in [-0.25, -0.2) is 4.99 Å². The molecule has 180 valence electrons. The van der Waals surface area contributed by atoms with Crippen molar-refractivity contribution in [2.24, 2.45) is 4.99 Å². The number of hydrogen-bond acceptors (Lipinski definition) is 6. The fraction of sp³-hybridized carbons (Fsp3) is 0.250. The molecule has 1 fully saturated rings. The average Bonchev–Trinajstić information content (AvgIpc) is 2.87. The number of nitrogens with one attached hydrogen (secondary N) is 1. The van der Waals surface area contributed by atoms with Crippen LogP contribution >= 0.6 is 0 Å². The van der Waals surface area contributed by atoms with E-state index in [0.717, 1.165) is 37.4 Å². The molecule has 0 saturated carbocycles. The molecule has 2 aliphatic rings. The molecule has 2 heterocycles. The van der Waals surface area contributed by atoms with Crippen LogP contribution in [0, 0.1) is 0 Å². The maximum Gasteiger partial charge on any atom is 0.252 e. The molecule has 35 heavy (non-hydrogen) atoms. The topological polar surface area (TPSA) is 68.2 Å². The highest BCUT2D eigenvalue weighted by molar-refractivity contribution is 6.18. The summed E-state index contributed by atoms with van der Waals surface area (Å²) in [4.78, 5) is 36.2. The van der Waals surface area contributed by atoms with E-state index in [1.54, 1.807) is 30.3 Å². The zero-order valence-corrected chi connectivity index (χ0v) is 20.3. The molecule has 0 spiro atoms. The maximum atomic E-state index is 12.8. The number of amidine groups is 1. The molecule has 0 aromatic heterocycles. The second-order valence-electron chi connectivity index (χ2n) is 8.64. The average molecular weight is 470 g/mol. The van der Waals surface area contributed by atoms with Gasteiger partial charge in [0.15, 0.2) is 5.78 Å². The van der Waals surface area contributed by atoms with Gasteiger partial charge in [-0.3, -0.25) is 14.5 Å². The Hall–Kier alpha value is -3.97. The van der Waals surface area contributed by atoms with Crippen molar-refractivity contribution in [2.45, 2.75) is 6.92 Å². The molecule has 7 nitrogen and oxygen atoms in total. The Kier molecular flexibility index (Phi) is 7.57. The standard InChI is InChI=1S/C28H31N5O2/c1-4-22-10-15-27(35)33(20-26(34)23-8-6-5-7-9-23)28(22)30-21(2)29-24-11-13-25(14-12-24)32-18-16-31(3)17-19-32/h4-15,29H,2,16-20H2,1,3H3/b22-4-,30-28+. The van der Waals surface area contributed by atoms with E-state index < -0.39 is 0 Å². The van der Waals surface area contributed by atoms with Crippen LogP contribution in [0.25, 0.3) is 0 Å². The molecule has 2 aromatic rings. The Labute approximate surface area is 206 Å². The van der Waals surface area contributed by atoms with Crippen LogP contribution in [0.2, 0.25) is 0 Å². The van der Waals surface area contributed by atoms with Crippen LogP contribution in [-0.4, -0.2) is 67.1 Å². The van der Waals surface area contributed by atoms with Crippen molar-refractivity contribution in [1.82, 2.24) is 9.80 Å². The van der Waals surface area contributed by atoms with Gasteiger partial charge in [0.25, 0.3) is 5.91 Å². The van der Waals surface area contributed by atoms with E-state index in [-0.39, 0.29) is 18.2 Å². The van der Waals surface area contributed by atoms with Crippen molar-refractivity contribution < 1.29 is 9.59 Å². The molecular formula is C28H31N5O2. The first-order valence-corrected chi connectivity index (χ1v) is 11.8. The number of anilines is 2. The van der Waals surface area contributed by atoms with Crippen molar-refractivity contribution in [3.63, 3.8) is 0 Å². The minimum atomic E-state index is -0.289. The predicted octanol–water partition coefficient (Wildman–Crippen LogP) is 3.95. The first-order chi connectivity index (χ1) is 16.9. The fourth-order valence-corrected chi connectivity index (χ4v) is 4.09. The summed E-state index contributed by atoms with van der Waals surface area (Å²) in [7, 11) is 2.14. The summed E-state index contributed by atoms with van der Waals surface area (Å²) in [6.07, 6.45) is 5.03. The molecule has 1 amide bonds. The van der Waals surface area contributed by atoms with E-state index in [9.17, 15) is 9.59 Å². The number of ketones is 1. The summed E-state index contributed by atoms with van der Waals surface area (Å²) in [6, 6.07) is 17.1.